The maximum Gasteiger partial charge on any atom is 0.0575 e. The Morgan fingerprint density at radius 2 is 1.50 bits per heavy atom. The minimum atomic E-state index is 0.575. The summed E-state index contributed by atoms with van der Waals surface area (Å²) in [5, 5.41) is 0. The van der Waals surface area contributed by atoms with E-state index in [0.717, 1.165) is 30.8 Å². The molecule has 0 amide bonds. The Labute approximate surface area is 113 Å². The summed E-state index contributed by atoms with van der Waals surface area (Å²) in [6, 6.07) is 0. The van der Waals surface area contributed by atoms with Crippen LogP contribution in [0.5, 0.6) is 0 Å². The molecule has 2 rings (SSSR count). The summed E-state index contributed by atoms with van der Waals surface area (Å²) in [5.74, 6) is 2.82. The molecule has 2 aliphatic carbocycles. The average molecular weight is 250 g/mol. The monoisotopic (exact) mass is 250 g/mol. The molecule has 2 fully saturated rings. The van der Waals surface area contributed by atoms with Crippen molar-refractivity contribution in [2.24, 2.45) is 17.8 Å². The van der Waals surface area contributed by atoms with Crippen LogP contribution in [0.25, 0.3) is 0 Å². The summed E-state index contributed by atoms with van der Waals surface area (Å²) >= 11 is 0. The number of allylic oxidation sites excluding steroid dienone is 1. The highest BCUT2D eigenvalue weighted by Gasteiger charge is 2.30. The van der Waals surface area contributed by atoms with Crippen LogP contribution in [-0.4, -0.2) is 12.7 Å². The Balaban J connectivity index is 1.68. The molecule has 0 aromatic rings. The zero-order chi connectivity index (χ0) is 12.8. The third-order valence-electron chi connectivity index (χ3n) is 5.09. The van der Waals surface area contributed by atoms with Gasteiger partial charge in [0.15, 0.2) is 0 Å². The van der Waals surface area contributed by atoms with Crippen LogP contribution in [0.1, 0.15) is 64.7 Å². The molecule has 0 aliphatic heterocycles. The molecule has 2 aliphatic rings. The Morgan fingerprint density at radius 3 is 2.00 bits per heavy atom. The van der Waals surface area contributed by atoms with Gasteiger partial charge >= 0.3 is 0 Å². The van der Waals surface area contributed by atoms with E-state index in [-0.39, 0.29) is 0 Å². The fourth-order valence-corrected chi connectivity index (χ4v) is 3.86. The third kappa shape index (κ3) is 3.85. The fourth-order valence-electron chi connectivity index (χ4n) is 3.86. The zero-order valence-electron chi connectivity index (χ0n) is 12.1. The van der Waals surface area contributed by atoms with Crippen molar-refractivity contribution in [1.29, 1.82) is 0 Å². The SMILES string of the molecule is C=C[C@H]1CC[C@H](C2CCC(OCCC)CC2)CC1. The molecule has 0 N–H and O–H groups in total. The van der Waals surface area contributed by atoms with Gasteiger partial charge in [-0.1, -0.05) is 13.0 Å². The maximum absolute atomic E-state index is 5.89. The van der Waals surface area contributed by atoms with Crippen LogP contribution in [0.2, 0.25) is 0 Å². The number of hydrogen-bond acceptors (Lipinski definition) is 1. The van der Waals surface area contributed by atoms with E-state index in [2.05, 4.69) is 19.6 Å². The average Bonchev–Trinajstić information content (AvgIpc) is 2.46. The highest BCUT2D eigenvalue weighted by molar-refractivity contribution is 4.87. The van der Waals surface area contributed by atoms with Crippen LogP contribution in [-0.2, 0) is 4.74 Å². The molecule has 1 nitrogen and oxygen atoms in total. The first-order valence-electron chi connectivity index (χ1n) is 8.07. The molecule has 0 saturated heterocycles. The number of ether oxygens (including phenoxy) is 1. The van der Waals surface area contributed by atoms with Crippen LogP contribution in [0.3, 0.4) is 0 Å². The van der Waals surface area contributed by atoms with Crippen molar-refractivity contribution < 1.29 is 4.74 Å². The number of hydrogen-bond donors (Lipinski definition) is 0. The predicted octanol–water partition coefficient (Wildman–Crippen LogP) is 4.96. The second-order valence-corrected chi connectivity index (χ2v) is 6.32. The molecule has 0 spiro atoms. The van der Waals surface area contributed by atoms with Crippen molar-refractivity contribution in [3.05, 3.63) is 12.7 Å². The van der Waals surface area contributed by atoms with E-state index < -0.39 is 0 Å². The van der Waals surface area contributed by atoms with Gasteiger partial charge in [0.25, 0.3) is 0 Å². The first kappa shape index (κ1) is 14.1. The summed E-state index contributed by atoms with van der Waals surface area (Å²) in [5.41, 5.74) is 0. The van der Waals surface area contributed by atoms with Gasteiger partial charge < -0.3 is 4.74 Å². The molecule has 1 heteroatoms. The lowest BCUT2D eigenvalue weighted by Gasteiger charge is -2.37. The van der Waals surface area contributed by atoms with Crippen molar-refractivity contribution in [3.8, 4) is 0 Å². The molecule has 0 aromatic carbocycles. The standard InChI is InChI=1S/C17H30O/c1-3-13-18-17-11-9-16(10-12-17)15-7-5-14(4-2)6-8-15/h4,14-17H,2-3,5-13H2,1H3/t14-,15-,16?,17?. The molecule has 0 atom stereocenters. The molecule has 0 heterocycles. The molecule has 18 heavy (non-hydrogen) atoms. The van der Waals surface area contributed by atoms with E-state index in [1.54, 1.807) is 0 Å². The van der Waals surface area contributed by atoms with Gasteiger partial charge in [-0.2, -0.15) is 0 Å². The first-order chi connectivity index (χ1) is 8.83. The molecular formula is C17H30O. The maximum atomic E-state index is 5.89. The Morgan fingerprint density at radius 1 is 0.944 bits per heavy atom. The van der Waals surface area contributed by atoms with Crippen LogP contribution < -0.4 is 0 Å². The fraction of sp³-hybridized carbons (Fsp3) is 0.882. The third-order valence-corrected chi connectivity index (χ3v) is 5.09. The summed E-state index contributed by atoms with van der Waals surface area (Å²) < 4.78 is 5.89. The second kappa shape index (κ2) is 7.33. The molecular weight excluding hydrogens is 220 g/mol. The summed E-state index contributed by atoms with van der Waals surface area (Å²) in [6.45, 7) is 7.10. The van der Waals surface area contributed by atoms with Gasteiger partial charge in [-0.3, -0.25) is 0 Å². The predicted molar refractivity (Wildman–Crippen MR) is 77.6 cm³/mol. The minimum Gasteiger partial charge on any atom is -0.378 e. The minimum absolute atomic E-state index is 0.575. The summed E-state index contributed by atoms with van der Waals surface area (Å²) in [7, 11) is 0. The van der Waals surface area contributed by atoms with Gasteiger partial charge in [0.2, 0.25) is 0 Å². The lowest BCUT2D eigenvalue weighted by atomic mass is 9.70. The Kier molecular flexibility index (Phi) is 5.75. The van der Waals surface area contributed by atoms with E-state index >= 15 is 0 Å². The van der Waals surface area contributed by atoms with Gasteiger partial charge in [0.05, 0.1) is 6.10 Å². The molecule has 104 valence electrons. The largest absolute Gasteiger partial charge is 0.378 e. The molecule has 0 unspecified atom stereocenters. The van der Waals surface area contributed by atoms with Crippen molar-refractivity contribution in [3.63, 3.8) is 0 Å². The Bertz CT molecular complexity index is 232. The first-order valence-corrected chi connectivity index (χ1v) is 8.07. The van der Waals surface area contributed by atoms with Gasteiger partial charge in [0, 0.05) is 6.61 Å². The lowest BCUT2D eigenvalue weighted by Crippen LogP contribution is -2.28. The summed E-state index contributed by atoms with van der Waals surface area (Å²) in [4.78, 5) is 0. The van der Waals surface area contributed by atoms with Crippen LogP contribution in [0.15, 0.2) is 12.7 Å². The van der Waals surface area contributed by atoms with E-state index in [1.807, 2.05) is 0 Å². The van der Waals surface area contributed by atoms with Crippen molar-refractivity contribution in [2.75, 3.05) is 6.61 Å². The van der Waals surface area contributed by atoms with E-state index in [1.165, 1.54) is 51.4 Å². The van der Waals surface area contributed by atoms with Gasteiger partial charge in [-0.15, -0.1) is 6.58 Å². The van der Waals surface area contributed by atoms with E-state index in [9.17, 15) is 0 Å². The van der Waals surface area contributed by atoms with Crippen molar-refractivity contribution in [2.45, 2.75) is 70.8 Å². The smallest absolute Gasteiger partial charge is 0.0575 e. The molecule has 2 saturated carbocycles. The number of rotatable bonds is 5. The van der Waals surface area contributed by atoms with Gasteiger partial charge in [0.1, 0.15) is 0 Å². The zero-order valence-corrected chi connectivity index (χ0v) is 12.1. The normalized spacial score (nSPS) is 37.4. The molecule has 0 bridgehead atoms. The Hall–Kier alpha value is -0.300. The van der Waals surface area contributed by atoms with Crippen LogP contribution >= 0.6 is 0 Å². The molecule has 0 aromatic heterocycles. The summed E-state index contributed by atoms with van der Waals surface area (Å²) in [6.07, 6.45) is 15.0. The van der Waals surface area contributed by atoms with Crippen molar-refractivity contribution >= 4 is 0 Å². The van der Waals surface area contributed by atoms with Crippen LogP contribution in [0, 0.1) is 17.8 Å². The topological polar surface area (TPSA) is 9.23 Å². The highest BCUT2D eigenvalue weighted by Crippen LogP contribution is 2.40. The van der Waals surface area contributed by atoms with Crippen LogP contribution in [0.4, 0.5) is 0 Å². The van der Waals surface area contributed by atoms with E-state index in [0.29, 0.717) is 6.10 Å². The van der Waals surface area contributed by atoms with Gasteiger partial charge in [-0.05, 0) is 75.5 Å². The van der Waals surface area contributed by atoms with Crippen molar-refractivity contribution in [1.82, 2.24) is 0 Å². The van der Waals surface area contributed by atoms with Gasteiger partial charge in [-0.25, -0.2) is 0 Å². The molecule has 0 radical (unpaired) electrons. The lowest BCUT2D eigenvalue weighted by molar-refractivity contribution is 0.00797. The van der Waals surface area contributed by atoms with E-state index in [4.69, 9.17) is 4.74 Å². The second-order valence-electron chi connectivity index (χ2n) is 6.32. The highest BCUT2D eigenvalue weighted by atomic mass is 16.5. The quantitative estimate of drug-likeness (QED) is 0.626.